The van der Waals surface area contributed by atoms with Gasteiger partial charge in [0.05, 0.1) is 0 Å². The van der Waals surface area contributed by atoms with Crippen molar-refractivity contribution in [3.05, 3.63) is 28.7 Å². The third-order valence-corrected chi connectivity index (χ3v) is 3.43. The molecule has 0 radical (unpaired) electrons. The Kier molecular flexibility index (Phi) is 3.49. The zero-order chi connectivity index (χ0) is 11.5. The number of hydrogen-bond donors (Lipinski definition) is 1. The van der Waals surface area contributed by atoms with E-state index in [0.29, 0.717) is 5.75 Å². The molecule has 0 bridgehead atoms. The maximum atomic E-state index is 11.1. The summed E-state index contributed by atoms with van der Waals surface area (Å²) in [6.45, 7) is 0. The van der Waals surface area contributed by atoms with Gasteiger partial charge in [0.2, 0.25) is 0 Å². The zero-order valence-corrected chi connectivity index (χ0v) is 10.3. The van der Waals surface area contributed by atoms with Crippen LogP contribution in [-0.4, -0.2) is 17.2 Å². The highest BCUT2D eigenvalue weighted by molar-refractivity contribution is 9.10. The van der Waals surface area contributed by atoms with E-state index >= 15 is 0 Å². The molecule has 0 amide bonds. The number of halogens is 1. The molecule has 1 unspecified atom stereocenters. The van der Waals surface area contributed by atoms with Crippen molar-refractivity contribution in [2.75, 3.05) is 0 Å². The molecular weight excluding hydrogens is 272 g/mol. The summed E-state index contributed by atoms with van der Waals surface area (Å²) in [4.78, 5) is 11.1. The molecule has 0 heterocycles. The normalized spacial score (nSPS) is 17.6. The lowest BCUT2D eigenvalue weighted by atomic mass is 9.81. The van der Waals surface area contributed by atoms with Crippen LogP contribution in [0.1, 0.15) is 19.3 Å². The maximum absolute atomic E-state index is 11.1. The number of hydrogen-bond acceptors (Lipinski definition) is 2. The molecule has 0 aromatic heterocycles. The first-order valence-corrected chi connectivity index (χ1v) is 6.11. The van der Waals surface area contributed by atoms with Gasteiger partial charge in [-0.3, -0.25) is 0 Å². The third kappa shape index (κ3) is 2.55. The molecule has 4 heteroatoms. The lowest BCUT2D eigenvalue weighted by Gasteiger charge is -2.31. The van der Waals surface area contributed by atoms with Crippen LogP contribution in [0.5, 0.6) is 5.75 Å². The van der Waals surface area contributed by atoms with E-state index in [9.17, 15) is 4.79 Å². The number of ether oxygens (including phenoxy) is 1. The minimum Gasteiger partial charge on any atom is -0.478 e. The second kappa shape index (κ2) is 4.87. The van der Waals surface area contributed by atoms with Crippen molar-refractivity contribution in [2.45, 2.75) is 25.4 Å². The summed E-state index contributed by atoms with van der Waals surface area (Å²) in [5.41, 5.74) is 0. The summed E-state index contributed by atoms with van der Waals surface area (Å²) >= 11 is 3.32. The smallest absolute Gasteiger partial charge is 0.345 e. The molecule has 1 aliphatic carbocycles. The summed E-state index contributed by atoms with van der Waals surface area (Å²) in [6.07, 6.45) is 2.31. The molecule has 1 aromatic rings. The van der Waals surface area contributed by atoms with Gasteiger partial charge < -0.3 is 9.84 Å². The average Bonchev–Trinajstić information content (AvgIpc) is 2.17. The Morgan fingerprint density at radius 1 is 1.38 bits per heavy atom. The van der Waals surface area contributed by atoms with Crippen molar-refractivity contribution in [1.29, 1.82) is 0 Å². The first-order valence-electron chi connectivity index (χ1n) is 5.32. The first kappa shape index (κ1) is 11.5. The fourth-order valence-corrected chi connectivity index (χ4v) is 2.01. The number of rotatable bonds is 4. The van der Waals surface area contributed by atoms with Crippen molar-refractivity contribution in [1.82, 2.24) is 0 Å². The van der Waals surface area contributed by atoms with E-state index < -0.39 is 12.1 Å². The molecule has 1 saturated carbocycles. The quantitative estimate of drug-likeness (QED) is 0.924. The average molecular weight is 285 g/mol. The molecule has 1 N–H and O–H groups in total. The van der Waals surface area contributed by atoms with Gasteiger partial charge in [0, 0.05) is 10.4 Å². The Balaban J connectivity index is 2.04. The minimum atomic E-state index is -0.868. The summed E-state index contributed by atoms with van der Waals surface area (Å²) in [5.74, 6) is -0.0868. The van der Waals surface area contributed by atoms with E-state index in [2.05, 4.69) is 15.9 Å². The van der Waals surface area contributed by atoms with Crippen LogP contribution >= 0.6 is 15.9 Å². The fourth-order valence-electron chi connectivity index (χ4n) is 1.75. The van der Waals surface area contributed by atoms with Crippen LogP contribution in [0, 0.1) is 5.92 Å². The fraction of sp³-hybridized carbons (Fsp3) is 0.417. The highest BCUT2D eigenvalue weighted by Crippen LogP contribution is 2.32. The maximum Gasteiger partial charge on any atom is 0.345 e. The molecule has 2 rings (SSSR count). The zero-order valence-electron chi connectivity index (χ0n) is 8.73. The highest BCUT2D eigenvalue weighted by atomic mass is 79.9. The van der Waals surface area contributed by atoms with Crippen molar-refractivity contribution in [3.8, 4) is 5.75 Å². The van der Waals surface area contributed by atoms with Crippen LogP contribution in [0.3, 0.4) is 0 Å². The van der Waals surface area contributed by atoms with Gasteiger partial charge >= 0.3 is 5.97 Å². The van der Waals surface area contributed by atoms with Crippen LogP contribution in [-0.2, 0) is 4.79 Å². The molecule has 3 nitrogen and oxygen atoms in total. The minimum absolute atomic E-state index is 0.168. The standard InChI is InChI=1S/C12H13BrO3/c13-9-4-6-10(7-5-9)16-11(12(14)15)8-2-1-3-8/h4-8,11H,1-3H2,(H,14,15). The van der Waals surface area contributed by atoms with Crippen LogP contribution in [0.25, 0.3) is 0 Å². The van der Waals surface area contributed by atoms with Crippen molar-refractivity contribution in [3.63, 3.8) is 0 Å². The van der Waals surface area contributed by atoms with Crippen LogP contribution in [0.15, 0.2) is 28.7 Å². The second-order valence-electron chi connectivity index (χ2n) is 4.02. The predicted octanol–water partition coefficient (Wildman–Crippen LogP) is 3.08. The lowest BCUT2D eigenvalue weighted by Crippen LogP contribution is -2.38. The molecule has 0 saturated heterocycles. The SMILES string of the molecule is O=C(O)C(Oc1ccc(Br)cc1)C1CCC1. The van der Waals surface area contributed by atoms with Crippen molar-refractivity contribution < 1.29 is 14.6 Å². The van der Waals surface area contributed by atoms with Gasteiger partial charge in [0.1, 0.15) is 5.75 Å². The summed E-state index contributed by atoms with van der Waals surface area (Å²) in [5, 5.41) is 9.09. The van der Waals surface area contributed by atoms with Gasteiger partial charge in [0.15, 0.2) is 6.10 Å². The molecule has 1 atom stereocenters. The van der Waals surface area contributed by atoms with E-state index in [1.807, 2.05) is 12.1 Å². The molecular formula is C12H13BrO3. The number of benzene rings is 1. The summed E-state index contributed by atoms with van der Waals surface area (Å²) < 4.78 is 6.47. The Labute approximate surface area is 103 Å². The Bertz CT molecular complexity index is 370. The van der Waals surface area contributed by atoms with Gasteiger partial charge in [0.25, 0.3) is 0 Å². The molecule has 16 heavy (non-hydrogen) atoms. The molecule has 1 fully saturated rings. The van der Waals surface area contributed by atoms with Crippen LogP contribution in [0.2, 0.25) is 0 Å². The largest absolute Gasteiger partial charge is 0.478 e. The van der Waals surface area contributed by atoms with Gasteiger partial charge in [-0.25, -0.2) is 4.79 Å². The molecule has 0 aliphatic heterocycles. The highest BCUT2D eigenvalue weighted by Gasteiger charge is 2.34. The van der Waals surface area contributed by atoms with Gasteiger partial charge in [-0.05, 0) is 37.1 Å². The predicted molar refractivity (Wildman–Crippen MR) is 63.5 cm³/mol. The molecule has 1 aliphatic rings. The molecule has 1 aromatic carbocycles. The number of carboxylic acid groups (broad SMARTS) is 1. The summed E-state index contributed by atoms with van der Waals surface area (Å²) in [7, 11) is 0. The number of carbonyl (C=O) groups is 1. The Morgan fingerprint density at radius 2 is 2.00 bits per heavy atom. The van der Waals surface area contributed by atoms with E-state index in [-0.39, 0.29) is 5.92 Å². The molecule has 86 valence electrons. The van der Waals surface area contributed by atoms with Crippen molar-refractivity contribution >= 4 is 21.9 Å². The third-order valence-electron chi connectivity index (χ3n) is 2.90. The number of carboxylic acids is 1. The van der Waals surface area contributed by atoms with E-state index in [1.54, 1.807) is 12.1 Å². The lowest BCUT2D eigenvalue weighted by molar-refractivity contribution is -0.149. The Morgan fingerprint density at radius 3 is 2.44 bits per heavy atom. The topological polar surface area (TPSA) is 46.5 Å². The first-order chi connectivity index (χ1) is 7.66. The van der Waals surface area contributed by atoms with Crippen molar-refractivity contribution in [2.24, 2.45) is 5.92 Å². The van der Waals surface area contributed by atoms with Gasteiger partial charge in [-0.1, -0.05) is 22.4 Å². The second-order valence-corrected chi connectivity index (χ2v) is 4.94. The van der Waals surface area contributed by atoms with E-state index in [4.69, 9.17) is 9.84 Å². The van der Waals surface area contributed by atoms with Gasteiger partial charge in [-0.15, -0.1) is 0 Å². The monoisotopic (exact) mass is 284 g/mol. The van der Waals surface area contributed by atoms with Gasteiger partial charge in [-0.2, -0.15) is 0 Å². The number of aliphatic carboxylic acids is 1. The molecule has 0 spiro atoms. The van der Waals surface area contributed by atoms with Crippen LogP contribution < -0.4 is 4.74 Å². The summed E-state index contributed by atoms with van der Waals surface area (Å²) in [6, 6.07) is 7.24. The Hall–Kier alpha value is -1.03. The van der Waals surface area contributed by atoms with E-state index in [1.165, 1.54) is 0 Å². The van der Waals surface area contributed by atoms with Crippen LogP contribution in [0.4, 0.5) is 0 Å². The van der Waals surface area contributed by atoms with E-state index in [0.717, 1.165) is 23.7 Å².